The van der Waals surface area contributed by atoms with Crippen molar-refractivity contribution in [3.63, 3.8) is 0 Å². The van der Waals surface area contributed by atoms with Gasteiger partial charge in [-0.1, -0.05) is 24.3 Å². The molecule has 0 radical (unpaired) electrons. The van der Waals surface area contributed by atoms with E-state index >= 15 is 0 Å². The molecule has 0 fully saturated rings. The number of nitrogens with two attached hydrogens (primary N) is 1. The number of hydrogen-bond donors (Lipinski definition) is 7. The SMILES string of the molecule is CN(C)CCCC(=O)NS(C)(=O)=NC(=O)Cc1c2c(cc3c1CCC3)CCC2.CN(C)CCCC(=O)NS(C)(=O)=NC(=O)Nc1c2c(cc3c1CCC3)CCC2.CN(C)CCCC(=O)NS(C)(=O)=NC(=O)Nc1c2c(cc3c1CCC3)CCC2.CN(C)CCCC(=O)O.CS(N)(=O)=NC(=O)Cc1c2c(cc3c1CCC3)CCC2. The minimum absolute atomic E-state index is 0.187. The van der Waals surface area contributed by atoms with Gasteiger partial charge in [0.25, 0.3) is 11.8 Å². The van der Waals surface area contributed by atoms with Crippen LogP contribution in [-0.2, 0) is 184 Å². The first-order valence-electron chi connectivity index (χ1n) is 40.0. The molecular formula is C82H124N14O13S4. The van der Waals surface area contributed by atoms with Gasteiger partial charge in [0.15, 0.2) is 0 Å². The van der Waals surface area contributed by atoms with E-state index in [1.807, 2.05) is 76.0 Å². The number of carbonyl (C=O) groups excluding carboxylic acids is 7. The molecule has 31 heteroatoms. The van der Waals surface area contributed by atoms with E-state index in [1.165, 1.54) is 114 Å². The van der Waals surface area contributed by atoms with Crippen molar-refractivity contribution in [1.82, 2.24) is 33.8 Å². The Morgan fingerprint density at radius 1 is 0.354 bits per heavy atom. The van der Waals surface area contributed by atoms with Crippen LogP contribution in [0.1, 0.15) is 203 Å². The summed E-state index contributed by atoms with van der Waals surface area (Å²) in [5.74, 6) is -2.51. The van der Waals surface area contributed by atoms with Gasteiger partial charge in [-0.3, -0.25) is 42.9 Å². The minimum Gasteiger partial charge on any atom is -0.481 e. The smallest absolute Gasteiger partial charge is 0.354 e. The van der Waals surface area contributed by atoms with Gasteiger partial charge in [0.2, 0.25) is 17.7 Å². The van der Waals surface area contributed by atoms with E-state index < -0.39 is 63.6 Å². The van der Waals surface area contributed by atoms with Gasteiger partial charge in [-0.05, 0) is 362 Å². The first kappa shape index (κ1) is 91.2. The number of carbonyl (C=O) groups is 8. The fourth-order valence-corrected chi connectivity index (χ4v) is 20.0. The van der Waals surface area contributed by atoms with Crippen molar-refractivity contribution < 1.29 is 60.3 Å². The Balaban J connectivity index is 0.000000183. The summed E-state index contributed by atoms with van der Waals surface area (Å²) < 4.78 is 71.5. The number of hydrogen-bond acceptors (Lipinski definition) is 16. The number of carboxylic acids is 1. The van der Waals surface area contributed by atoms with E-state index in [9.17, 15) is 55.2 Å². The average molecular weight is 1640 g/mol. The van der Waals surface area contributed by atoms with Gasteiger partial charge >= 0.3 is 18.0 Å². The van der Waals surface area contributed by atoms with Crippen molar-refractivity contribution in [3.05, 3.63) is 124 Å². The van der Waals surface area contributed by atoms with Crippen molar-refractivity contribution in [3.8, 4) is 0 Å². The first-order chi connectivity index (χ1) is 53.3. The van der Waals surface area contributed by atoms with Gasteiger partial charge in [0, 0.05) is 62.1 Å². The van der Waals surface area contributed by atoms with Crippen LogP contribution >= 0.6 is 0 Å². The van der Waals surface area contributed by atoms with Crippen LogP contribution in [-0.4, -0.2) is 197 Å². The molecule has 8 N–H and O–H groups in total. The Morgan fingerprint density at radius 2 is 0.584 bits per heavy atom. The Morgan fingerprint density at radius 3 is 0.832 bits per heavy atom. The number of nitrogens with one attached hydrogen (secondary N) is 5. The van der Waals surface area contributed by atoms with Gasteiger partial charge in [-0.15, -0.1) is 17.5 Å². The number of urea groups is 2. The molecule has 113 heavy (non-hydrogen) atoms. The molecule has 624 valence electrons. The van der Waals surface area contributed by atoms with E-state index in [4.69, 9.17) is 10.2 Å². The lowest BCUT2D eigenvalue weighted by atomic mass is 9.92. The lowest BCUT2D eigenvalue weighted by Gasteiger charge is -2.15. The summed E-state index contributed by atoms with van der Waals surface area (Å²) >= 11 is 0. The molecule has 9 amide bonds. The molecule has 0 bridgehead atoms. The number of aliphatic carboxylic acids is 1. The van der Waals surface area contributed by atoms with E-state index in [0.29, 0.717) is 19.3 Å². The standard InChI is InChI=1S/C21H31N3O3S.2C20H30N4O3S.C15H20N2O2S.C6H13NO2/c1-24(2)12-6-11-20(25)22-28(3,27)23-21(26)14-19-17-9-4-7-15(17)13-16-8-5-10-18(16)19;2*1-24(2)12-6-11-18(25)22-28(3,27)23-20(26)21-19-16-9-4-7-14(16)13-15-8-5-10-17(15)19;1-20(16,19)17-15(18)9-14-12-6-2-4-10(12)8-11-5-3-7-13(11)14;1-7(2)5-3-4-6(8)9/h13H,4-12,14H2,1-3H3,(H,22,23,25,26,27);2*13H,4-12H2,1-3H3,(H2,21,22,23,25,26,27);8H,2-7,9H2,1H3,(H2,16,17,18,19);3-5H2,1-2H3,(H,8,9). The lowest BCUT2D eigenvalue weighted by Crippen LogP contribution is -2.31. The van der Waals surface area contributed by atoms with Crippen LogP contribution in [0.2, 0.25) is 0 Å². The number of aryl methyl sites for hydroxylation is 8. The maximum absolute atomic E-state index is 12.6. The lowest BCUT2D eigenvalue weighted by molar-refractivity contribution is -0.137. The fourth-order valence-electron chi connectivity index (χ4n) is 16.6. The van der Waals surface area contributed by atoms with Crippen molar-refractivity contribution in [2.75, 3.05) is 118 Å². The third-order valence-corrected chi connectivity index (χ3v) is 25.2. The van der Waals surface area contributed by atoms with Crippen LogP contribution in [0.3, 0.4) is 0 Å². The second-order valence-electron chi connectivity index (χ2n) is 32.4. The van der Waals surface area contributed by atoms with Gasteiger partial charge < -0.3 is 35.3 Å². The van der Waals surface area contributed by atoms with Crippen LogP contribution in [0.5, 0.6) is 0 Å². The zero-order valence-corrected chi connectivity index (χ0v) is 72.1. The third kappa shape index (κ3) is 28.8. The van der Waals surface area contributed by atoms with Crippen molar-refractivity contribution in [1.29, 1.82) is 0 Å². The second kappa shape index (κ2) is 42.0. The summed E-state index contributed by atoms with van der Waals surface area (Å²) in [5.41, 5.74) is 24.8. The molecule has 0 aliphatic heterocycles. The number of rotatable bonds is 25. The fraction of sp³-hybridized carbons (Fsp3) is 0.610. The number of amides is 9. The summed E-state index contributed by atoms with van der Waals surface area (Å²) in [5, 5.41) is 19.3. The number of fused-ring (bicyclic) bond motifs is 8. The van der Waals surface area contributed by atoms with Crippen molar-refractivity contribution in [2.24, 2.45) is 22.6 Å². The summed E-state index contributed by atoms with van der Waals surface area (Å²) in [6.07, 6.45) is 34.8. The van der Waals surface area contributed by atoms with E-state index in [2.05, 4.69) is 66.5 Å². The van der Waals surface area contributed by atoms with Crippen LogP contribution in [0.4, 0.5) is 21.0 Å². The largest absolute Gasteiger partial charge is 0.481 e. The van der Waals surface area contributed by atoms with E-state index in [0.717, 1.165) is 209 Å². The molecule has 8 aliphatic rings. The minimum atomic E-state index is -3.13. The van der Waals surface area contributed by atoms with Crippen LogP contribution in [0.15, 0.2) is 41.7 Å². The highest BCUT2D eigenvalue weighted by Crippen LogP contribution is 2.42. The van der Waals surface area contributed by atoms with Crippen molar-refractivity contribution in [2.45, 2.75) is 218 Å². The topological polar surface area (TPSA) is 374 Å². The van der Waals surface area contributed by atoms with Crippen LogP contribution in [0, 0.1) is 0 Å². The van der Waals surface area contributed by atoms with Gasteiger partial charge in [0.05, 0.1) is 12.8 Å². The molecule has 4 aromatic rings. The van der Waals surface area contributed by atoms with Gasteiger partial charge in [-0.2, -0.15) is 0 Å². The average Bonchev–Trinajstić information content (AvgIpc) is 1.66. The predicted molar refractivity (Wildman–Crippen MR) is 451 cm³/mol. The molecule has 0 aromatic heterocycles. The number of anilines is 2. The molecule has 0 saturated carbocycles. The van der Waals surface area contributed by atoms with E-state index in [1.54, 1.807) is 0 Å². The first-order valence-corrected chi connectivity index (χ1v) is 47.8. The Hall–Kier alpha value is -7.36. The third-order valence-electron chi connectivity index (χ3n) is 21.3. The highest BCUT2D eigenvalue weighted by atomic mass is 32.2. The summed E-state index contributed by atoms with van der Waals surface area (Å²) in [6, 6.07) is 7.92. The second-order valence-corrected chi connectivity index (χ2v) is 40.3. The number of benzene rings is 4. The van der Waals surface area contributed by atoms with Crippen LogP contribution < -0.4 is 29.9 Å². The number of nitrogens with zero attached hydrogens (tertiary/aromatic N) is 8. The molecule has 0 spiro atoms. The molecule has 0 heterocycles. The summed E-state index contributed by atoms with van der Waals surface area (Å²) in [6.45, 7) is 3.16. The maximum atomic E-state index is 12.6. The van der Waals surface area contributed by atoms with Crippen molar-refractivity contribution >= 4 is 98.6 Å². The van der Waals surface area contributed by atoms with E-state index in [-0.39, 0.29) is 62.2 Å². The molecule has 4 aromatic carbocycles. The monoisotopic (exact) mass is 1640 g/mol. The Bertz CT molecular complexity index is 4280. The molecule has 12 rings (SSSR count). The molecular weight excluding hydrogens is 1520 g/mol. The molecule has 27 nitrogen and oxygen atoms in total. The number of carboxylic acid groups (broad SMARTS) is 1. The molecule has 0 saturated heterocycles. The Labute approximate surface area is 672 Å². The molecule has 8 aliphatic carbocycles. The maximum Gasteiger partial charge on any atom is 0.354 e. The summed E-state index contributed by atoms with van der Waals surface area (Å²) in [4.78, 5) is 103. The molecule has 4 unspecified atom stereocenters. The summed E-state index contributed by atoms with van der Waals surface area (Å²) in [7, 11) is 3.28. The zero-order chi connectivity index (χ0) is 82.5. The zero-order valence-electron chi connectivity index (χ0n) is 68.8. The highest BCUT2D eigenvalue weighted by molar-refractivity contribution is 7.92. The van der Waals surface area contributed by atoms with Gasteiger partial charge in [-0.25, -0.2) is 31.6 Å². The quantitative estimate of drug-likeness (QED) is 0.0324. The normalized spacial score (nSPS) is 16.9. The van der Waals surface area contributed by atoms with Crippen LogP contribution in [0.25, 0.3) is 0 Å². The Kier molecular flexibility index (Phi) is 33.9. The predicted octanol–water partition coefficient (Wildman–Crippen LogP) is 9.65. The van der Waals surface area contributed by atoms with Gasteiger partial charge in [0.1, 0.15) is 39.7 Å². The molecule has 4 atom stereocenters. The highest BCUT2D eigenvalue weighted by Gasteiger charge is 2.31.